The predicted molar refractivity (Wildman–Crippen MR) is 55.9 cm³/mol. The fourth-order valence-corrected chi connectivity index (χ4v) is 2.42. The van der Waals surface area contributed by atoms with Gasteiger partial charge < -0.3 is 14.7 Å². The molecule has 1 unspecified atom stereocenters. The summed E-state index contributed by atoms with van der Waals surface area (Å²) in [4.78, 5) is 24.2. The fourth-order valence-electron chi connectivity index (χ4n) is 2.42. The molecular formula is C11H17NO4. The number of aliphatic carboxylic acids is 1. The van der Waals surface area contributed by atoms with Gasteiger partial charge in [-0.3, -0.25) is 9.59 Å². The van der Waals surface area contributed by atoms with Crippen molar-refractivity contribution in [3.8, 4) is 0 Å². The molecule has 2 fully saturated rings. The van der Waals surface area contributed by atoms with E-state index >= 15 is 0 Å². The van der Waals surface area contributed by atoms with Gasteiger partial charge in [0.1, 0.15) is 6.10 Å². The molecule has 5 nitrogen and oxygen atoms in total. The Morgan fingerprint density at radius 1 is 1.38 bits per heavy atom. The molecule has 0 radical (unpaired) electrons. The average Bonchev–Trinajstić information content (AvgIpc) is 2.84. The number of carboxylic acids is 1. The van der Waals surface area contributed by atoms with Crippen molar-refractivity contribution in [1.29, 1.82) is 0 Å². The van der Waals surface area contributed by atoms with Crippen molar-refractivity contribution in [3.05, 3.63) is 0 Å². The van der Waals surface area contributed by atoms with Gasteiger partial charge in [0.2, 0.25) is 0 Å². The number of hydrogen-bond acceptors (Lipinski definition) is 3. The molecule has 1 N–H and O–H groups in total. The molecule has 0 spiro atoms. The van der Waals surface area contributed by atoms with E-state index in [1.807, 2.05) is 0 Å². The van der Waals surface area contributed by atoms with Gasteiger partial charge in [-0.2, -0.15) is 0 Å². The normalized spacial score (nSPS) is 29.6. The molecule has 2 aliphatic heterocycles. The minimum atomic E-state index is -0.781. The van der Waals surface area contributed by atoms with Crippen molar-refractivity contribution in [2.24, 2.45) is 5.92 Å². The summed E-state index contributed by atoms with van der Waals surface area (Å²) in [5.41, 5.74) is 0. The van der Waals surface area contributed by atoms with Crippen LogP contribution in [0.25, 0.3) is 0 Å². The third kappa shape index (κ3) is 2.52. The highest BCUT2D eigenvalue weighted by molar-refractivity contribution is 5.81. The predicted octanol–water partition coefficient (Wildman–Crippen LogP) is 0.489. The van der Waals surface area contributed by atoms with E-state index in [1.54, 1.807) is 4.90 Å². The van der Waals surface area contributed by atoms with Crippen LogP contribution in [0.5, 0.6) is 0 Å². The molecule has 0 saturated carbocycles. The molecule has 16 heavy (non-hydrogen) atoms. The molecule has 2 atom stereocenters. The molecule has 2 heterocycles. The minimum absolute atomic E-state index is 0.0467. The van der Waals surface area contributed by atoms with Gasteiger partial charge in [0, 0.05) is 26.1 Å². The number of carboxylic acid groups (broad SMARTS) is 1. The maximum atomic E-state index is 11.9. The fraction of sp³-hybridized carbons (Fsp3) is 0.818. The van der Waals surface area contributed by atoms with Crippen LogP contribution in [0.1, 0.15) is 25.7 Å². The van der Waals surface area contributed by atoms with Crippen LogP contribution in [0.2, 0.25) is 0 Å². The van der Waals surface area contributed by atoms with E-state index in [0.717, 1.165) is 19.3 Å². The van der Waals surface area contributed by atoms with Crippen molar-refractivity contribution >= 4 is 11.9 Å². The van der Waals surface area contributed by atoms with Crippen molar-refractivity contribution in [1.82, 2.24) is 4.90 Å². The number of hydrogen-bond donors (Lipinski definition) is 1. The highest BCUT2D eigenvalue weighted by Gasteiger charge is 2.33. The first kappa shape index (κ1) is 11.4. The highest BCUT2D eigenvalue weighted by Crippen LogP contribution is 2.23. The lowest BCUT2D eigenvalue weighted by Gasteiger charge is -2.19. The zero-order valence-corrected chi connectivity index (χ0v) is 9.22. The summed E-state index contributed by atoms with van der Waals surface area (Å²) in [7, 11) is 0. The van der Waals surface area contributed by atoms with Gasteiger partial charge >= 0.3 is 5.97 Å². The van der Waals surface area contributed by atoms with Crippen molar-refractivity contribution < 1.29 is 19.4 Å². The Hall–Kier alpha value is -1.10. The minimum Gasteiger partial charge on any atom is -0.481 e. The van der Waals surface area contributed by atoms with Crippen LogP contribution in [0.15, 0.2) is 0 Å². The van der Waals surface area contributed by atoms with E-state index in [9.17, 15) is 9.59 Å². The Kier molecular flexibility index (Phi) is 3.43. The summed E-state index contributed by atoms with van der Waals surface area (Å²) >= 11 is 0. The van der Waals surface area contributed by atoms with Crippen LogP contribution in [0.3, 0.4) is 0 Å². The van der Waals surface area contributed by atoms with Crippen molar-refractivity contribution in [3.63, 3.8) is 0 Å². The maximum Gasteiger partial charge on any atom is 0.303 e. The van der Waals surface area contributed by atoms with E-state index in [0.29, 0.717) is 19.7 Å². The Balaban J connectivity index is 1.83. The first-order valence-corrected chi connectivity index (χ1v) is 5.79. The standard InChI is InChI=1S/C11H17NO4/c13-10(14)6-8-3-4-12(7-8)11(15)9-2-1-5-16-9/h8-9H,1-7H2,(H,13,14)/t8?,9-/m0/s1. The van der Waals surface area contributed by atoms with E-state index in [2.05, 4.69) is 0 Å². The van der Waals surface area contributed by atoms with E-state index < -0.39 is 5.97 Å². The number of ether oxygens (including phenoxy) is 1. The van der Waals surface area contributed by atoms with Gasteiger partial charge in [0.15, 0.2) is 0 Å². The molecule has 2 aliphatic rings. The Labute approximate surface area is 94.4 Å². The first-order chi connectivity index (χ1) is 7.66. The molecule has 0 aromatic heterocycles. The number of likely N-dealkylation sites (tertiary alicyclic amines) is 1. The molecule has 0 aromatic carbocycles. The third-order valence-electron chi connectivity index (χ3n) is 3.27. The first-order valence-electron chi connectivity index (χ1n) is 5.79. The number of carbonyl (C=O) groups is 2. The number of nitrogens with zero attached hydrogens (tertiary/aromatic N) is 1. The summed E-state index contributed by atoms with van der Waals surface area (Å²) < 4.78 is 5.34. The van der Waals surface area contributed by atoms with E-state index in [1.165, 1.54) is 0 Å². The van der Waals surface area contributed by atoms with Crippen LogP contribution in [-0.4, -0.2) is 47.7 Å². The lowest BCUT2D eigenvalue weighted by atomic mass is 10.1. The van der Waals surface area contributed by atoms with Crippen LogP contribution in [-0.2, 0) is 14.3 Å². The van der Waals surface area contributed by atoms with Gasteiger partial charge in [-0.15, -0.1) is 0 Å². The molecule has 1 amide bonds. The van der Waals surface area contributed by atoms with Crippen LogP contribution in [0, 0.1) is 5.92 Å². The number of rotatable bonds is 3. The smallest absolute Gasteiger partial charge is 0.303 e. The summed E-state index contributed by atoms with van der Waals surface area (Å²) in [5, 5.41) is 8.68. The number of amides is 1. The van der Waals surface area contributed by atoms with Gasteiger partial charge in [-0.05, 0) is 25.2 Å². The van der Waals surface area contributed by atoms with Crippen molar-refractivity contribution in [2.75, 3.05) is 19.7 Å². The second-order valence-electron chi connectivity index (χ2n) is 4.54. The zero-order chi connectivity index (χ0) is 11.5. The Bertz CT molecular complexity index is 286. The third-order valence-corrected chi connectivity index (χ3v) is 3.27. The van der Waals surface area contributed by atoms with Gasteiger partial charge in [-0.1, -0.05) is 0 Å². The summed E-state index contributed by atoms with van der Waals surface area (Å²) in [6, 6.07) is 0. The SMILES string of the molecule is O=C(O)CC1CCN(C(=O)[C@@H]2CCCO2)C1. The lowest BCUT2D eigenvalue weighted by molar-refractivity contribution is -0.141. The summed E-state index contributed by atoms with van der Waals surface area (Å²) in [5.74, 6) is -0.621. The van der Waals surface area contributed by atoms with Gasteiger partial charge in [0.05, 0.1) is 0 Å². The van der Waals surface area contributed by atoms with Gasteiger partial charge in [-0.25, -0.2) is 0 Å². The lowest BCUT2D eigenvalue weighted by Crippen LogP contribution is -2.37. The average molecular weight is 227 g/mol. The van der Waals surface area contributed by atoms with Crippen LogP contribution >= 0.6 is 0 Å². The molecule has 5 heteroatoms. The summed E-state index contributed by atoms with van der Waals surface area (Å²) in [6.45, 7) is 1.92. The quantitative estimate of drug-likeness (QED) is 0.762. The topological polar surface area (TPSA) is 66.8 Å². The van der Waals surface area contributed by atoms with E-state index in [4.69, 9.17) is 9.84 Å². The molecule has 0 aromatic rings. The van der Waals surface area contributed by atoms with Crippen LogP contribution < -0.4 is 0 Å². The Morgan fingerprint density at radius 2 is 2.19 bits per heavy atom. The van der Waals surface area contributed by atoms with Gasteiger partial charge in [0.25, 0.3) is 5.91 Å². The van der Waals surface area contributed by atoms with Crippen molar-refractivity contribution in [2.45, 2.75) is 31.8 Å². The molecular weight excluding hydrogens is 210 g/mol. The van der Waals surface area contributed by atoms with E-state index in [-0.39, 0.29) is 24.3 Å². The molecule has 0 aliphatic carbocycles. The maximum absolute atomic E-state index is 11.9. The second-order valence-corrected chi connectivity index (χ2v) is 4.54. The monoisotopic (exact) mass is 227 g/mol. The second kappa shape index (κ2) is 4.82. The van der Waals surface area contributed by atoms with Crippen LogP contribution in [0.4, 0.5) is 0 Å². The zero-order valence-electron chi connectivity index (χ0n) is 9.22. The molecule has 2 rings (SSSR count). The summed E-state index contributed by atoms with van der Waals surface area (Å²) in [6.07, 6.45) is 2.44. The molecule has 2 saturated heterocycles. The largest absolute Gasteiger partial charge is 0.481 e. The highest BCUT2D eigenvalue weighted by atomic mass is 16.5. The Morgan fingerprint density at radius 3 is 2.81 bits per heavy atom. The molecule has 90 valence electrons. The number of carbonyl (C=O) groups excluding carboxylic acids is 1. The molecule has 0 bridgehead atoms.